The number of halogens is 1. The van der Waals surface area contributed by atoms with Crippen LogP contribution in [0, 0.1) is 17.1 Å². The van der Waals surface area contributed by atoms with Gasteiger partial charge in [0.1, 0.15) is 28.7 Å². The molecule has 2 aromatic carbocycles. The number of thioether (sulfide) groups is 1. The van der Waals surface area contributed by atoms with E-state index in [9.17, 15) is 24.0 Å². The predicted octanol–water partition coefficient (Wildman–Crippen LogP) is 6.15. The number of nitriles is 1. The highest BCUT2D eigenvalue weighted by Crippen LogP contribution is 2.38. The minimum absolute atomic E-state index is 0.00882. The van der Waals surface area contributed by atoms with Crippen LogP contribution in [0.1, 0.15) is 66.1 Å². The number of aryl methyl sites for hydroxylation is 1. The molecule has 0 unspecified atom stereocenters. The summed E-state index contributed by atoms with van der Waals surface area (Å²) in [5, 5.41) is 16.3. The largest absolute Gasteiger partial charge is 0.497 e. The van der Waals surface area contributed by atoms with E-state index in [-0.39, 0.29) is 35.3 Å². The lowest BCUT2D eigenvalue weighted by molar-refractivity contribution is -0.126. The normalized spacial score (nSPS) is 15.1. The average Bonchev–Trinajstić information content (AvgIpc) is 3.67. The van der Waals surface area contributed by atoms with E-state index in [0.29, 0.717) is 27.6 Å². The van der Waals surface area contributed by atoms with Crippen molar-refractivity contribution in [3.63, 3.8) is 0 Å². The second-order valence-electron chi connectivity index (χ2n) is 11.0. The average molecular weight is 635 g/mol. The van der Waals surface area contributed by atoms with Crippen LogP contribution in [-0.2, 0) is 27.2 Å². The first-order chi connectivity index (χ1) is 21.4. The Balaban J connectivity index is 1.35. The molecule has 8 nitrogen and oxygen atoms in total. The van der Waals surface area contributed by atoms with Gasteiger partial charge < -0.3 is 15.4 Å². The Morgan fingerprint density at radius 2 is 1.75 bits per heavy atom. The zero-order valence-electron chi connectivity index (χ0n) is 24.6. The minimum atomic E-state index is -1.05. The molecule has 1 atom stereocenters. The highest BCUT2D eigenvalue weighted by atomic mass is 32.2. The maximum Gasteiger partial charge on any atom is 0.248 e. The van der Waals surface area contributed by atoms with E-state index in [1.807, 2.05) is 0 Å². The van der Waals surface area contributed by atoms with Gasteiger partial charge in [0.2, 0.25) is 17.7 Å². The van der Waals surface area contributed by atoms with Gasteiger partial charge in [0.15, 0.2) is 0 Å². The smallest absolute Gasteiger partial charge is 0.248 e. The van der Waals surface area contributed by atoms with E-state index < -0.39 is 11.9 Å². The first-order valence-corrected chi connectivity index (χ1v) is 16.8. The molecule has 1 fully saturated rings. The van der Waals surface area contributed by atoms with Crippen LogP contribution >= 0.6 is 23.1 Å². The molecular weight excluding hydrogens is 600 g/mol. The number of nitrogens with zero attached hydrogens (tertiary/aromatic N) is 2. The molecule has 1 saturated carbocycles. The number of carbonyl (C=O) groups excluding carboxylic acids is 3. The molecule has 2 aliphatic carbocycles. The molecule has 2 aliphatic rings. The van der Waals surface area contributed by atoms with Gasteiger partial charge in [0.25, 0.3) is 0 Å². The second kappa shape index (κ2) is 14.7. The van der Waals surface area contributed by atoms with Crippen molar-refractivity contribution in [1.29, 1.82) is 5.26 Å². The first kappa shape index (κ1) is 31.5. The number of hydrogen-bond acceptors (Lipinski definition) is 7. The molecule has 44 heavy (non-hydrogen) atoms. The lowest BCUT2D eigenvalue weighted by Crippen LogP contribution is -2.47. The molecule has 0 radical (unpaired) electrons. The van der Waals surface area contributed by atoms with Gasteiger partial charge in [-0.3, -0.25) is 19.3 Å². The molecule has 5 rings (SSSR count). The molecular formula is C33H35FN4O4S2. The third-order valence-corrected chi connectivity index (χ3v) is 10.1. The van der Waals surface area contributed by atoms with E-state index in [2.05, 4.69) is 16.7 Å². The van der Waals surface area contributed by atoms with E-state index in [1.165, 1.54) is 40.5 Å². The fourth-order valence-corrected chi connectivity index (χ4v) is 7.76. The quantitative estimate of drug-likeness (QED) is 0.262. The Bertz CT molecular complexity index is 1530. The van der Waals surface area contributed by atoms with E-state index >= 15 is 0 Å². The van der Waals surface area contributed by atoms with Crippen LogP contribution in [0.4, 0.5) is 15.1 Å². The monoisotopic (exact) mass is 634 g/mol. The van der Waals surface area contributed by atoms with Crippen LogP contribution < -0.4 is 20.3 Å². The Morgan fingerprint density at radius 1 is 1.05 bits per heavy atom. The van der Waals surface area contributed by atoms with Gasteiger partial charge in [-0.1, -0.05) is 25.0 Å². The number of nitrogens with one attached hydrogen (secondary N) is 2. The number of thiophene rings is 1. The summed E-state index contributed by atoms with van der Waals surface area (Å²) in [6, 6.07) is 13.6. The van der Waals surface area contributed by atoms with Crippen molar-refractivity contribution in [1.82, 2.24) is 5.32 Å². The van der Waals surface area contributed by atoms with Crippen LogP contribution in [0.25, 0.3) is 0 Å². The number of carbonyl (C=O) groups is 3. The standard InChI is InChI=1S/C33H35FN4O4S2/c1-42-25-16-14-24(15-17-25)38(31(21-10-12-22(34)13-11-21)32(41)36-23-6-2-3-7-23)30(40)20-43-19-29(39)37-33-27(18-35)26-8-4-5-9-28(26)44-33/h10-17,23,31H,2-9,19-20H2,1H3,(H,36,41)(H,37,39)/t31-/m0/s1. The Morgan fingerprint density at radius 3 is 2.43 bits per heavy atom. The molecule has 3 amide bonds. The first-order valence-electron chi connectivity index (χ1n) is 14.8. The van der Waals surface area contributed by atoms with Gasteiger partial charge in [-0.05, 0) is 86.1 Å². The van der Waals surface area contributed by atoms with Crippen LogP contribution in [0.15, 0.2) is 48.5 Å². The molecule has 3 aromatic rings. The summed E-state index contributed by atoms with van der Waals surface area (Å²) < 4.78 is 19.2. The number of ether oxygens (including phenoxy) is 1. The predicted molar refractivity (Wildman–Crippen MR) is 172 cm³/mol. The Hall–Kier alpha value is -3.88. The number of amides is 3. The summed E-state index contributed by atoms with van der Waals surface area (Å²) in [5.41, 5.74) is 2.53. The van der Waals surface area contributed by atoms with Crippen molar-refractivity contribution in [2.45, 2.75) is 63.5 Å². The fourth-order valence-electron chi connectivity index (χ4n) is 5.83. The van der Waals surface area contributed by atoms with Gasteiger partial charge >= 0.3 is 0 Å². The molecule has 2 N–H and O–H groups in total. The van der Waals surface area contributed by atoms with E-state index in [0.717, 1.165) is 73.6 Å². The second-order valence-corrected chi connectivity index (χ2v) is 13.1. The summed E-state index contributed by atoms with van der Waals surface area (Å²) in [7, 11) is 1.54. The van der Waals surface area contributed by atoms with Crippen molar-refractivity contribution in [2.75, 3.05) is 28.8 Å². The zero-order valence-corrected chi connectivity index (χ0v) is 26.2. The lowest BCUT2D eigenvalue weighted by Gasteiger charge is -2.32. The summed E-state index contributed by atoms with van der Waals surface area (Å²) in [6.45, 7) is 0. The highest BCUT2D eigenvalue weighted by molar-refractivity contribution is 8.00. The van der Waals surface area contributed by atoms with Crippen molar-refractivity contribution < 1.29 is 23.5 Å². The minimum Gasteiger partial charge on any atom is -0.497 e. The van der Waals surface area contributed by atoms with Crippen LogP contribution in [0.5, 0.6) is 5.75 Å². The Labute approximate surface area is 265 Å². The SMILES string of the molecule is COc1ccc(N(C(=O)CSCC(=O)Nc2sc3c(c2C#N)CCCC3)[C@H](C(=O)NC2CCCC2)c2ccc(F)cc2)cc1. The molecule has 1 heterocycles. The van der Waals surface area contributed by atoms with E-state index in [1.54, 1.807) is 31.4 Å². The molecule has 0 saturated heterocycles. The summed E-state index contributed by atoms with van der Waals surface area (Å²) in [6.07, 6.45) is 7.65. The molecule has 0 bridgehead atoms. The lowest BCUT2D eigenvalue weighted by atomic mass is 9.96. The molecule has 0 aliphatic heterocycles. The van der Waals surface area contributed by atoms with Crippen LogP contribution in [0.2, 0.25) is 0 Å². The maximum absolute atomic E-state index is 13.9. The van der Waals surface area contributed by atoms with Gasteiger partial charge in [-0.15, -0.1) is 23.1 Å². The number of methoxy groups -OCH3 is 1. The summed E-state index contributed by atoms with van der Waals surface area (Å²) in [5.74, 6) is -0.978. The van der Waals surface area contributed by atoms with Gasteiger partial charge in [-0.2, -0.15) is 5.26 Å². The van der Waals surface area contributed by atoms with Crippen molar-refractivity contribution in [2.24, 2.45) is 0 Å². The fraction of sp³-hybridized carbons (Fsp3) is 0.394. The number of benzene rings is 2. The maximum atomic E-state index is 13.9. The zero-order chi connectivity index (χ0) is 31.1. The van der Waals surface area contributed by atoms with Gasteiger partial charge in [0, 0.05) is 16.6 Å². The third kappa shape index (κ3) is 7.42. The summed E-state index contributed by atoms with van der Waals surface area (Å²) >= 11 is 2.59. The topological polar surface area (TPSA) is 112 Å². The summed E-state index contributed by atoms with van der Waals surface area (Å²) in [4.78, 5) is 43.3. The van der Waals surface area contributed by atoms with Crippen molar-refractivity contribution >= 4 is 51.5 Å². The van der Waals surface area contributed by atoms with Crippen molar-refractivity contribution in [3.05, 3.63) is 75.9 Å². The Kier molecular flexibility index (Phi) is 10.6. The van der Waals surface area contributed by atoms with Crippen molar-refractivity contribution in [3.8, 4) is 11.8 Å². The molecule has 0 spiro atoms. The molecule has 1 aromatic heterocycles. The molecule has 11 heteroatoms. The number of anilines is 2. The van der Waals surface area contributed by atoms with E-state index in [4.69, 9.17) is 4.74 Å². The number of rotatable bonds is 11. The highest BCUT2D eigenvalue weighted by Gasteiger charge is 2.34. The van der Waals surface area contributed by atoms with Crippen LogP contribution in [0.3, 0.4) is 0 Å². The number of hydrogen-bond donors (Lipinski definition) is 2. The third-order valence-electron chi connectivity index (χ3n) is 8.01. The molecule has 230 valence electrons. The number of fused-ring (bicyclic) bond motifs is 1. The van der Waals surface area contributed by atoms with Gasteiger partial charge in [0.05, 0.1) is 24.2 Å². The van der Waals surface area contributed by atoms with Crippen LogP contribution in [-0.4, -0.2) is 42.4 Å². The van der Waals surface area contributed by atoms with Gasteiger partial charge in [-0.25, -0.2) is 4.39 Å².